The maximum absolute atomic E-state index is 8.49. The minimum atomic E-state index is -4.94. The smallest absolute Gasteiger partial charge is 0.361 e. The standard InChI is InChI=1S/C40H29O3.ClHO4/c1-41-33-22-20-29(21-23-33)37(28-12-4-2-5-13-28)27-34-25-31(35-16-8-10-18-38(35)42-34)24-32-26-40(30-14-6-3-7-15-30)43-39-19-11-9-17-36(32)39;2-1(3,4)5/h2-27H,1H3;(H,2,3,4,5)/q+1;/p-1. The van der Waals surface area contributed by atoms with E-state index in [0.29, 0.717) is 0 Å². The molecule has 1 aliphatic heterocycles. The van der Waals surface area contributed by atoms with Gasteiger partial charge >= 0.3 is 11.3 Å². The molecule has 0 spiro atoms. The Labute approximate surface area is 279 Å². The zero-order valence-corrected chi connectivity index (χ0v) is 26.5. The van der Waals surface area contributed by atoms with Gasteiger partial charge in [0.15, 0.2) is 0 Å². The van der Waals surface area contributed by atoms with Gasteiger partial charge in [0.05, 0.1) is 24.6 Å². The lowest BCUT2D eigenvalue weighted by Crippen LogP contribution is -2.68. The molecule has 7 nitrogen and oxygen atoms in total. The zero-order valence-electron chi connectivity index (χ0n) is 25.7. The van der Waals surface area contributed by atoms with E-state index in [-0.39, 0.29) is 0 Å². The first-order valence-electron chi connectivity index (χ1n) is 14.9. The number of fused-ring (bicyclic) bond motifs is 2. The molecule has 5 aromatic carbocycles. The predicted molar refractivity (Wildman–Crippen MR) is 176 cm³/mol. The van der Waals surface area contributed by atoms with Crippen LogP contribution in [-0.2, 0) is 0 Å². The third-order valence-electron chi connectivity index (χ3n) is 7.57. The summed E-state index contributed by atoms with van der Waals surface area (Å²) in [5, 5.41) is 1.04. The van der Waals surface area contributed by atoms with E-state index in [1.807, 2.05) is 72.8 Å². The molecule has 48 heavy (non-hydrogen) atoms. The van der Waals surface area contributed by atoms with Crippen molar-refractivity contribution in [1.29, 1.82) is 0 Å². The maximum Gasteiger partial charge on any atom is 0.361 e. The second-order valence-corrected chi connectivity index (χ2v) is 11.5. The van der Waals surface area contributed by atoms with Gasteiger partial charge in [-0.25, -0.2) is 23.1 Å². The highest BCUT2D eigenvalue weighted by Crippen LogP contribution is 2.39. The number of benzene rings is 5. The molecule has 0 N–H and O–H groups in total. The Morgan fingerprint density at radius 3 is 2.02 bits per heavy atom. The van der Waals surface area contributed by atoms with Crippen molar-refractivity contribution in [1.82, 2.24) is 0 Å². The van der Waals surface area contributed by atoms with Crippen LogP contribution in [-0.4, -0.2) is 7.11 Å². The van der Waals surface area contributed by atoms with Crippen LogP contribution in [0.15, 0.2) is 150 Å². The number of allylic oxidation sites excluding steroid dienone is 2. The summed E-state index contributed by atoms with van der Waals surface area (Å²) in [7, 11) is -3.26. The molecular weight excluding hydrogens is 628 g/mol. The molecule has 0 saturated heterocycles. The van der Waals surface area contributed by atoms with E-state index in [1.165, 1.54) is 0 Å². The van der Waals surface area contributed by atoms with Gasteiger partial charge < -0.3 is 9.47 Å². The van der Waals surface area contributed by atoms with E-state index < -0.39 is 10.2 Å². The van der Waals surface area contributed by atoms with Crippen molar-refractivity contribution < 1.29 is 42.8 Å². The molecule has 0 bridgehead atoms. The molecule has 2 heterocycles. The molecule has 8 heteroatoms. The third-order valence-corrected chi connectivity index (χ3v) is 7.57. The fraction of sp³-hybridized carbons (Fsp3) is 0.0250. The van der Waals surface area contributed by atoms with Crippen LogP contribution in [0.2, 0.25) is 0 Å². The topological polar surface area (TPSA) is 122 Å². The number of hydrogen-bond donors (Lipinski definition) is 0. The van der Waals surface area contributed by atoms with Gasteiger partial charge in [0.2, 0.25) is 0 Å². The monoisotopic (exact) mass is 656 g/mol. The Hall–Kier alpha value is -5.54. The lowest BCUT2D eigenvalue weighted by Gasteiger charge is -2.20. The molecule has 1 aliphatic rings. The molecule has 0 unspecified atom stereocenters. The first-order valence-corrected chi connectivity index (χ1v) is 16.1. The molecule has 0 atom stereocenters. The van der Waals surface area contributed by atoms with Crippen LogP contribution >= 0.6 is 0 Å². The van der Waals surface area contributed by atoms with Crippen molar-refractivity contribution in [2.45, 2.75) is 0 Å². The van der Waals surface area contributed by atoms with E-state index in [2.05, 4.69) is 85.0 Å². The highest BCUT2D eigenvalue weighted by Gasteiger charge is 2.21. The summed E-state index contributed by atoms with van der Waals surface area (Å²) in [4.78, 5) is 0. The van der Waals surface area contributed by atoms with Crippen LogP contribution in [0.4, 0.5) is 0 Å². The average molecular weight is 657 g/mol. The SMILES string of the molecule is COc1ccc(C(=Cc2cc(C=C3C=C(c4ccccc4)Oc4ccccc43)c3ccccc3[o+]2)c2ccccc2)cc1.[O-][Cl+3]([O-])([O-])[O-]. The van der Waals surface area contributed by atoms with E-state index in [9.17, 15) is 0 Å². The molecule has 0 radical (unpaired) electrons. The fourth-order valence-corrected chi connectivity index (χ4v) is 5.43. The summed E-state index contributed by atoms with van der Waals surface area (Å²) >= 11 is 0. The molecular formula is C40H29ClO7. The number of ether oxygens (including phenoxy) is 2. The number of rotatable bonds is 6. The first-order chi connectivity index (χ1) is 23.2. The molecule has 7 rings (SSSR count). The lowest BCUT2D eigenvalue weighted by atomic mass is 9.95. The van der Waals surface area contributed by atoms with Crippen LogP contribution in [0.3, 0.4) is 0 Å². The fourth-order valence-electron chi connectivity index (χ4n) is 5.43. The average Bonchev–Trinajstić information content (AvgIpc) is 3.11. The normalized spacial score (nSPS) is 13.6. The van der Waals surface area contributed by atoms with Gasteiger partial charge in [-0.2, -0.15) is 0 Å². The number of para-hydroxylation sites is 2. The molecule has 1 aromatic heterocycles. The van der Waals surface area contributed by atoms with Crippen LogP contribution < -0.4 is 28.1 Å². The first kappa shape index (κ1) is 32.4. The Balaban J connectivity index is 0.000000749. The highest BCUT2D eigenvalue weighted by atomic mass is 35.7. The summed E-state index contributed by atoms with van der Waals surface area (Å²) < 4.78 is 52.2. The number of methoxy groups -OCH3 is 1. The molecule has 0 amide bonds. The van der Waals surface area contributed by atoms with Gasteiger partial charge in [0, 0.05) is 22.8 Å². The highest BCUT2D eigenvalue weighted by molar-refractivity contribution is 6.01. The van der Waals surface area contributed by atoms with E-state index in [1.54, 1.807) is 7.11 Å². The summed E-state index contributed by atoms with van der Waals surface area (Å²) in [6.45, 7) is 0. The Morgan fingerprint density at radius 2 is 1.31 bits per heavy atom. The summed E-state index contributed by atoms with van der Waals surface area (Å²) in [6.07, 6.45) is 6.47. The van der Waals surface area contributed by atoms with Gasteiger partial charge in [0.25, 0.3) is 0 Å². The quantitative estimate of drug-likeness (QED) is 0.216. The molecule has 0 aliphatic carbocycles. The van der Waals surface area contributed by atoms with Crippen molar-refractivity contribution in [3.8, 4) is 11.5 Å². The van der Waals surface area contributed by atoms with Crippen LogP contribution in [0, 0.1) is 10.2 Å². The van der Waals surface area contributed by atoms with Crippen molar-refractivity contribution >= 4 is 40.0 Å². The van der Waals surface area contributed by atoms with E-state index >= 15 is 0 Å². The van der Waals surface area contributed by atoms with Crippen molar-refractivity contribution in [2.75, 3.05) is 7.11 Å². The number of halogens is 1. The van der Waals surface area contributed by atoms with Crippen molar-refractivity contribution in [2.24, 2.45) is 0 Å². The third kappa shape index (κ3) is 8.05. The van der Waals surface area contributed by atoms with Crippen LogP contribution in [0.1, 0.15) is 33.6 Å². The van der Waals surface area contributed by atoms with Crippen LogP contribution in [0.25, 0.3) is 40.0 Å². The summed E-state index contributed by atoms with van der Waals surface area (Å²) in [6, 6.07) is 47.2. The summed E-state index contributed by atoms with van der Waals surface area (Å²) in [5.74, 6) is 3.24. The van der Waals surface area contributed by atoms with Crippen molar-refractivity contribution in [3.05, 3.63) is 179 Å². The van der Waals surface area contributed by atoms with Gasteiger partial charge in [-0.15, -0.1) is 10.2 Å². The molecule has 6 aromatic rings. The predicted octanol–water partition coefficient (Wildman–Crippen LogP) is 5.53. The number of hydrogen-bond acceptors (Lipinski definition) is 6. The molecule has 0 fully saturated rings. The Bertz CT molecular complexity index is 2110. The minimum absolute atomic E-state index is 0.757. The molecule has 0 saturated carbocycles. The second kappa shape index (κ2) is 14.5. The zero-order chi connectivity index (χ0) is 33.5. The maximum atomic E-state index is 8.49. The lowest BCUT2D eigenvalue weighted by molar-refractivity contribution is -2.00. The van der Waals surface area contributed by atoms with Gasteiger partial charge in [-0.05, 0) is 58.7 Å². The minimum Gasteiger partial charge on any atom is -0.497 e. The largest absolute Gasteiger partial charge is 0.497 e. The van der Waals surface area contributed by atoms with Crippen LogP contribution in [0.5, 0.6) is 11.5 Å². The van der Waals surface area contributed by atoms with Gasteiger partial charge in [-0.1, -0.05) is 103 Å². The van der Waals surface area contributed by atoms with Gasteiger partial charge in [-0.3, -0.25) is 0 Å². The molecule has 238 valence electrons. The summed E-state index contributed by atoms with van der Waals surface area (Å²) in [5.41, 5.74) is 8.27. The van der Waals surface area contributed by atoms with Crippen molar-refractivity contribution in [3.63, 3.8) is 0 Å². The second-order valence-electron chi connectivity index (χ2n) is 10.7. The van der Waals surface area contributed by atoms with E-state index in [4.69, 9.17) is 32.5 Å². The van der Waals surface area contributed by atoms with Gasteiger partial charge in [0.1, 0.15) is 17.3 Å². The Morgan fingerprint density at radius 1 is 0.708 bits per heavy atom. The van der Waals surface area contributed by atoms with E-state index in [0.717, 1.165) is 73.0 Å². The Kier molecular flexibility index (Phi) is 9.78.